The second kappa shape index (κ2) is 5.73. The average molecular weight is 315 g/mol. The van der Waals surface area contributed by atoms with Crippen LogP contribution in [0.3, 0.4) is 0 Å². The third-order valence-electron chi connectivity index (χ3n) is 3.60. The van der Waals surface area contributed by atoms with Gasteiger partial charge in [-0.2, -0.15) is 0 Å². The zero-order valence-electron chi connectivity index (χ0n) is 12.2. The van der Waals surface area contributed by atoms with E-state index >= 15 is 0 Å². The molecule has 1 amide bonds. The van der Waals surface area contributed by atoms with E-state index in [2.05, 4.69) is 10.3 Å². The molecule has 0 spiro atoms. The summed E-state index contributed by atoms with van der Waals surface area (Å²) in [6.07, 6.45) is 0. The maximum absolute atomic E-state index is 12.5. The summed E-state index contributed by atoms with van der Waals surface area (Å²) < 4.78 is 5.24. The van der Waals surface area contributed by atoms with Gasteiger partial charge in [0, 0.05) is 15.9 Å². The smallest absolute Gasteiger partial charge is 0.272 e. The maximum atomic E-state index is 12.5. The number of ether oxygens (including phenoxy) is 1. The Kier molecular flexibility index (Phi) is 3.77. The lowest BCUT2D eigenvalue weighted by Gasteiger charge is -2.09. The lowest BCUT2D eigenvalue weighted by atomic mass is 10.1. The van der Waals surface area contributed by atoms with Crippen molar-refractivity contribution in [3.63, 3.8) is 0 Å². The number of aryl methyl sites for hydroxylation is 1. The molecule has 3 rings (SSSR count). The summed E-state index contributed by atoms with van der Waals surface area (Å²) in [5.41, 5.74) is 2.89. The molecule has 0 aliphatic rings. The predicted octanol–water partition coefficient (Wildman–Crippen LogP) is 4.39. The van der Waals surface area contributed by atoms with E-state index in [1.807, 2.05) is 31.2 Å². The zero-order valence-corrected chi connectivity index (χ0v) is 13.0. The summed E-state index contributed by atoms with van der Waals surface area (Å²) in [6, 6.07) is 12.8. The van der Waals surface area contributed by atoms with Crippen LogP contribution in [0.4, 0.5) is 5.69 Å². The summed E-state index contributed by atoms with van der Waals surface area (Å²) in [5.74, 6) is 0.405. The highest BCUT2D eigenvalue weighted by Crippen LogP contribution is 2.27. The van der Waals surface area contributed by atoms with Crippen molar-refractivity contribution in [1.82, 2.24) is 4.98 Å². The van der Waals surface area contributed by atoms with Gasteiger partial charge >= 0.3 is 0 Å². The molecule has 0 aliphatic heterocycles. The van der Waals surface area contributed by atoms with Crippen molar-refractivity contribution in [3.05, 3.63) is 58.7 Å². The summed E-state index contributed by atoms with van der Waals surface area (Å²) in [7, 11) is 1.57. The van der Waals surface area contributed by atoms with Gasteiger partial charge in [0.15, 0.2) is 0 Å². The highest BCUT2D eigenvalue weighted by atomic mass is 35.5. The molecule has 2 N–H and O–H groups in total. The van der Waals surface area contributed by atoms with Gasteiger partial charge < -0.3 is 15.0 Å². The summed E-state index contributed by atoms with van der Waals surface area (Å²) in [5, 5.41) is 4.45. The number of hydrogen-bond acceptors (Lipinski definition) is 2. The van der Waals surface area contributed by atoms with E-state index in [9.17, 15) is 4.79 Å². The van der Waals surface area contributed by atoms with Crippen LogP contribution in [-0.2, 0) is 0 Å². The molecule has 0 bridgehead atoms. The number of amides is 1. The van der Waals surface area contributed by atoms with Crippen molar-refractivity contribution in [2.75, 3.05) is 12.4 Å². The molecule has 2 aromatic carbocycles. The van der Waals surface area contributed by atoms with Crippen LogP contribution in [0.25, 0.3) is 10.9 Å². The monoisotopic (exact) mass is 314 g/mol. The fourth-order valence-corrected chi connectivity index (χ4v) is 2.63. The number of benzene rings is 2. The molecule has 0 saturated carbocycles. The maximum Gasteiger partial charge on any atom is 0.272 e. The summed E-state index contributed by atoms with van der Waals surface area (Å²) in [4.78, 5) is 15.7. The van der Waals surface area contributed by atoms with E-state index in [1.54, 1.807) is 25.3 Å². The number of H-pyrrole nitrogens is 1. The largest absolute Gasteiger partial charge is 0.495 e. The number of methoxy groups -OCH3 is 1. The number of carbonyl (C=O) groups is 1. The molecule has 0 fully saturated rings. The number of aromatic amines is 1. The predicted molar refractivity (Wildman–Crippen MR) is 89.0 cm³/mol. The second-order valence-corrected chi connectivity index (χ2v) is 5.41. The number of nitrogens with one attached hydrogen (secondary N) is 2. The normalized spacial score (nSPS) is 10.7. The van der Waals surface area contributed by atoms with Crippen molar-refractivity contribution in [2.24, 2.45) is 0 Å². The number of halogens is 1. The van der Waals surface area contributed by atoms with Gasteiger partial charge in [-0.25, -0.2) is 0 Å². The first-order chi connectivity index (χ1) is 10.6. The molecule has 0 radical (unpaired) electrons. The molecular formula is C17H15ClN2O2. The lowest BCUT2D eigenvalue weighted by molar-refractivity contribution is 0.102. The van der Waals surface area contributed by atoms with Gasteiger partial charge in [0.2, 0.25) is 0 Å². The first kappa shape index (κ1) is 14.5. The Hall–Kier alpha value is -2.46. The van der Waals surface area contributed by atoms with Crippen LogP contribution in [0.2, 0.25) is 5.02 Å². The van der Waals surface area contributed by atoms with Gasteiger partial charge in [0.05, 0.1) is 12.8 Å². The fraction of sp³-hybridized carbons (Fsp3) is 0.118. The van der Waals surface area contributed by atoms with Gasteiger partial charge in [0.1, 0.15) is 11.4 Å². The Morgan fingerprint density at radius 1 is 1.23 bits per heavy atom. The van der Waals surface area contributed by atoms with Crippen molar-refractivity contribution < 1.29 is 9.53 Å². The van der Waals surface area contributed by atoms with Gasteiger partial charge in [-0.3, -0.25) is 4.79 Å². The highest BCUT2D eigenvalue weighted by molar-refractivity contribution is 6.31. The minimum atomic E-state index is -0.214. The van der Waals surface area contributed by atoms with E-state index in [-0.39, 0.29) is 5.91 Å². The molecule has 5 heteroatoms. The van der Waals surface area contributed by atoms with Crippen LogP contribution in [0.5, 0.6) is 5.75 Å². The minimum absolute atomic E-state index is 0.214. The van der Waals surface area contributed by atoms with E-state index < -0.39 is 0 Å². The van der Waals surface area contributed by atoms with E-state index in [4.69, 9.17) is 16.3 Å². The number of para-hydroxylation sites is 2. The molecule has 4 nitrogen and oxygen atoms in total. The number of fused-ring (bicyclic) bond motifs is 1. The molecule has 1 heterocycles. The highest BCUT2D eigenvalue weighted by Gasteiger charge is 2.16. The molecule has 112 valence electrons. The van der Waals surface area contributed by atoms with Crippen molar-refractivity contribution in [1.29, 1.82) is 0 Å². The van der Waals surface area contributed by atoms with Crippen molar-refractivity contribution in [3.8, 4) is 5.75 Å². The molecule has 0 unspecified atom stereocenters. The summed E-state index contributed by atoms with van der Waals surface area (Å²) in [6.45, 7) is 1.90. The Bertz CT molecular complexity index is 855. The first-order valence-electron chi connectivity index (χ1n) is 6.82. The lowest BCUT2D eigenvalue weighted by Crippen LogP contribution is -2.14. The van der Waals surface area contributed by atoms with E-state index in [0.29, 0.717) is 22.2 Å². The Morgan fingerprint density at radius 3 is 2.77 bits per heavy atom. The quantitative estimate of drug-likeness (QED) is 0.753. The van der Waals surface area contributed by atoms with Crippen molar-refractivity contribution in [2.45, 2.75) is 6.92 Å². The van der Waals surface area contributed by atoms with Crippen LogP contribution in [0.15, 0.2) is 42.5 Å². The number of aromatic nitrogens is 1. The van der Waals surface area contributed by atoms with Gasteiger partial charge in [-0.1, -0.05) is 23.7 Å². The minimum Gasteiger partial charge on any atom is -0.495 e. The second-order valence-electron chi connectivity index (χ2n) is 4.97. The standard InChI is InChI=1S/C17H15ClN2O2/c1-10-12-9-11(18)7-8-13(12)19-16(10)17(21)20-14-5-3-4-6-15(14)22-2/h3-9,19H,1-2H3,(H,20,21). The first-order valence-corrected chi connectivity index (χ1v) is 7.20. The van der Waals surface area contributed by atoms with Crippen molar-refractivity contribution >= 4 is 34.1 Å². The Labute approximate surface area is 133 Å². The Morgan fingerprint density at radius 2 is 2.00 bits per heavy atom. The van der Waals surface area contributed by atoms with Crippen LogP contribution >= 0.6 is 11.6 Å². The zero-order chi connectivity index (χ0) is 15.7. The molecule has 0 saturated heterocycles. The van der Waals surface area contributed by atoms with E-state index in [0.717, 1.165) is 16.5 Å². The third kappa shape index (κ3) is 2.53. The van der Waals surface area contributed by atoms with Crippen LogP contribution in [0.1, 0.15) is 16.1 Å². The number of rotatable bonds is 3. The van der Waals surface area contributed by atoms with Gasteiger partial charge in [-0.15, -0.1) is 0 Å². The van der Waals surface area contributed by atoms with Gasteiger partial charge in [0.25, 0.3) is 5.91 Å². The molecule has 22 heavy (non-hydrogen) atoms. The molecule has 0 atom stereocenters. The van der Waals surface area contributed by atoms with Gasteiger partial charge in [-0.05, 0) is 42.8 Å². The van der Waals surface area contributed by atoms with Crippen LogP contribution < -0.4 is 10.1 Å². The SMILES string of the molecule is COc1ccccc1NC(=O)c1[nH]c2ccc(Cl)cc2c1C. The third-order valence-corrected chi connectivity index (χ3v) is 3.84. The average Bonchev–Trinajstić information content (AvgIpc) is 2.85. The molecule has 1 aromatic heterocycles. The number of carbonyl (C=O) groups excluding carboxylic acids is 1. The molecule has 0 aliphatic carbocycles. The van der Waals surface area contributed by atoms with Crippen LogP contribution in [0, 0.1) is 6.92 Å². The topological polar surface area (TPSA) is 54.1 Å². The van der Waals surface area contributed by atoms with Crippen LogP contribution in [-0.4, -0.2) is 18.0 Å². The fourth-order valence-electron chi connectivity index (χ4n) is 2.46. The number of hydrogen-bond donors (Lipinski definition) is 2. The number of anilines is 1. The Balaban J connectivity index is 1.97. The van der Waals surface area contributed by atoms with E-state index in [1.165, 1.54) is 0 Å². The molecular weight excluding hydrogens is 300 g/mol. The molecule has 3 aromatic rings. The summed E-state index contributed by atoms with van der Waals surface area (Å²) >= 11 is 6.02.